The maximum atomic E-state index is 12.4. The Bertz CT molecular complexity index is 449. The minimum absolute atomic E-state index is 0.233. The van der Waals surface area contributed by atoms with E-state index in [0.717, 1.165) is 17.5 Å². The van der Waals surface area contributed by atoms with Crippen LogP contribution in [-0.4, -0.2) is 12.3 Å². The van der Waals surface area contributed by atoms with Gasteiger partial charge in [-0.3, -0.25) is 4.79 Å². The molecule has 1 aromatic carbocycles. The molecule has 2 nitrogen and oxygen atoms in total. The van der Waals surface area contributed by atoms with Crippen LogP contribution in [0.4, 0.5) is 0 Å². The van der Waals surface area contributed by atoms with Crippen LogP contribution in [0.15, 0.2) is 12.1 Å². The highest BCUT2D eigenvalue weighted by Crippen LogP contribution is 2.21. The largest absolute Gasteiger partial charge is 0.330 e. The summed E-state index contributed by atoms with van der Waals surface area (Å²) in [6.45, 7) is 11.1. The van der Waals surface area contributed by atoms with Crippen molar-refractivity contribution in [1.29, 1.82) is 0 Å². The van der Waals surface area contributed by atoms with Gasteiger partial charge in [0.05, 0.1) is 0 Å². The molecule has 2 heteroatoms. The molecule has 0 amide bonds. The highest BCUT2D eigenvalue weighted by molar-refractivity contribution is 5.97. The van der Waals surface area contributed by atoms with Crippen LogP contribution >= 0.6 is 0 Å². The highest BCUT2D eigenvalue weighted by Gasteiger charge is 2.17. The Kier molecular flexibility index (Phi) is 5.74. The number of hydrogen-bond donors (Lipinski definition) is 1. The molecular formula is C17H27NO. The Labute approximate surface area is 117 Å². The fourth-order valence-electron chi connectivity index (χ4n) is 2.56. The zero-order chi connectivity index (χ0) is 14.6. The van der Waals surface area contributed by atoms with Crippen molar-refractivity contribution in [3.63, 3.8) is 0 Å². The summed E-state index contributed by atoms with van der Waals surface area (Å²) in [6, 6.07) is 4.12. The Hall–Kier alpha value is -1.15. The SMILES string of the molecule is Cc1cc(C)c(C(=O)CC(CN)CC(C)C)cc1C. The van der Waals surface area contributed by atoms with Crippen molar-refractivity contribution in [2.45, 2.75) is 47.5 Å². The first-order valence-corrected chi connectivity index (χ1v) is 7.16. The number of nitrogens with two attached hydrogens (primary N) is 1. The van der Waals surface area contributed by atoms with Crippen molar-refractivity contribution >= 4 is 5.78 Å². The number of Topliss-reactive ketones (excluding diaryl/α,β-unsaturated/α-hetero) is 1. The quantitative estimate of drug-likeness (QED) is 0.791. The fourth-order valence-corrected chi connectivity index (χ4v) is 2.56. The van der Waals surface area contributed by atoms with Gasteiger partial charge in [0.15, 0.2) is 5.78 Å². The average molecular weight is 261 g/mol. The Morgan fingerprint density at radius 2 is 1.68 bits per heavy atom. The molecule has 0 radical (unpaired) electrons. The van der Waals surface area contributed by atoms with Crippen LogP contribution in [-0.2, 0) is 0 Å². The molecule has 19 heavy (non-hydrogen) atoms. The molecule has 0 aliphatic carbocycles. The van der Waals surface area contributed by atoms with Crippen molar-refractivity contribution in [2.75, 3.05) is 6.54 Å². The van der Waals surface area contributed by atoms with Gasteiger partial charge in [0, 0.05) is 12.0 Å². The second-order valence-electron chi connectivity index (χ2n) is 6.11. The van der Waals surface area contributed by atoms with Gasteiger partial charge in [-0.25, -0.2) is 0 Å². The number of aryl methyl sites for hydroxylation is 3. The third kappa shape index (κ3) is 4.46. The number of ketones is 1. The first kappa shape index (κ1) is 15.9. The summed E-state index contributed by atoms with van der Waals surface area (Å²) in [5.41, 5.74) is 10.2. The molecule has 0 saturated heterocycles. The van der Waals surface area contributed by atoms with Crippen LogP contribution in [0.1, 0.15) is 53.7 Å². The topological polar surface area (TPSA) is 43.1 Å². The molecule has 1 unspecified atom stereocenters. The molecule has 0 saturated carbocycles. The molecule has 0 aliphatic heterocycles. The van der Waals surface area contributed by atoms with Gasteiger partial charge in [0.2, 0.25) is 0 Å². The van der Waals surface area contributed by atoms with Crippen molar-refractivity contribution in [1.82, 2.24) is 0 Å². The van der Waals surface area contributed by atoms with Crippen LogP contribution in [0.2, 0.25) is 0 Å². The van der Waals surface area contributed by atoms with E-state index in [1.54, 1.807) is 0 Å². The molecule has 0 aromatic heterocycles. The molecule has 1 atom stereocenters. The minimum Gasteiger partial charge on any atom is -0.330 e. The van der Waals surface area contributed by atoms with E-state index in [4.69, 9.17) is 5.73 Å². The Morgan fingerprint density at radius 3 is 2.21 bits per heavy atom. The van der Waals surface area contributed by atoms with Crippen LogP contribution < -0.4 is 5.73 Å². The molecule has 2 N–H and O–H groups in total. The van der Waals surface area contributed by atoms with E-state index in [-0.39, 0.29) is 5.78 Å². The zero-order valence-electron chi connectivity index (χ0n) is 12.9. The van der Waals surface area contributed by atoms with Gasteiger partial charge in [0.1, 0.15) is 0 Å². The second kappa shape index (κ2) is 6.85. The van der Waals surface area contributed by atoms with Gasteiger partial charge in [-0.2, -0.15) is 0 Å². The lowest BCUT2D eigenvalue weighted by Gasteiger charge is -2.17. The predicted octanol–water partition coefficient (Wildman–Crippen LogP) is 3.81. The summed E-state index contributed by atoms with van der Waals surface area (Å²) in [4.78, 5) is 12.4. The number of rotatable bonds is 6. The molecule has 0 aliphatic rings. The molecule has 0 bridgehead atoms. The maximum Gasteiger partial charge on any atom is 0.163 e. The first-order chi connectivity index (χ1) is 8.85. The van der Waals surface area contributed by atoms with Crippen LogP contribution in [0.5, 0.6) is 0 Å². The molecular weight excluding hydrogens is 234 g/mol. The van der Waals surface area contributed by atoms with E-state index >= 15 is 0 Å². The third-order valence-electron chi connectivity index (χ3n) is 3.75. The van der Waals surface area contributed by atoms with Gasteiger partial charge in [0.25, 0.3) is 0 Å². The highest BCUT2D eigenvalue weighted by atomic mass is 16.1. The van der Waals surface area contributed by atoms with Crippen molar-refractivity contribution < 1.29 is 4.79 Å². The standard InChI is InChI=1S/C17H27NO/c1-11(2)6-15(10-18)9-17(19)16-8-13(4)12(3)7-14(16)5/h7-8,11,15H,6,9-10,18H2,1-5H3. The van der Waals surface area contributed by atoms with Gasteiger partial charge in [-0.15, -0.1) is 0 Å². The zero-order valence-corrected chi connectivity index (χ0v) is 12.9. The second-order valence-corrected chi connectivity index (χ2v) is 6.11. The number of carbonyl (C=O) groups excluding carboxylic acids is 1. The fraction of sp³-hybridized carbons (Fsp3) is 0.588. The molecule has 1 aromatic rings. The summed E-state index contributed by atoms with van der Waals surface area (Å²) in [5.74, 6) is 1.12. The monoisotopic (exact) mass is 261 g/mol. The lowest BCUT2D eigenvalue weighted by Crippen LogP contribution is -2.20. The number of benzene rings is 1. The van der Waals surface area contributed by atoms with Crippen LogP contribution in [0, 0.1) is 32.6 Å². The van der Waals surface area contributed by atoms with E-state index in [1.807, 2.05) is 13.0 Å². The predicted molar refractivity (Wildman–Crippen MR) is 81.6 cm³/mol. The van der Waals surface area contributed by atoms with E-state index in [1.165, 1.54) is 11.1 Å². The Balaban J connectivity index is 2.85. The first-order valence-electron chi connectivity index (χ1n) is 7.16. The van der Waals surface area contributed by atoms with Gasteiger partial charge >= 0.3 is 0 Å². The summed E-state index contributed by atoms with van der Waals surface area (Å²) < 4.78 is 0. The number of carbonyl (C=O) groups is 1. The van der Waals surface area contributed by atoms with E-state index in [9.17, 15) is 4.79 Å². The third-order valence-corrected chi connectivity index (χ3v) is 3.75. The maximum absolute atomic E-state index is 12.4. The normalized spacial score (nSPS) is 12.8. The molecule has 0 spiro atoms. The summed E-state index contributed by atoms with van der Waals surface area (Å²) in [7, 11) is 0. The molecule has 106 valence electrons. The van der Waals surface area contributed by atoms with Crippen LogP contribution in [0.25, 0.3) is 0 Å². The molecule has 1 rings (SSSR count). The lowest BCUT2D eigenvalue weighted by atomic mass is 9.88. The smallest absolute Gasteiger partial charge is 0.163 e. The summed E-state index contributed by atoms with van der Waals surface area (Å²) >= 11 is 0. The summed E-state index contributed by atoms with van der Waals surface area (Å²) in [6.07, 6.45) is 1.59. The van der Waals surface area contributed by atoms with Crippen molar-refractivity contribution in [3.05, 3.63) is 34.4 Å². The lowest BCUT2D eigenvalue weighted by molar-refractivity contribution is 0.0956. The molecule has 0 fully saturated rings. The molecule has 0 heterocycles. The van der Waals surface area contributed by atoms with E-state index < -0.39 is 0 Å². The van der Waals surface area contributed by atoms with Crippen LogP contribution in [0.3, 0.4) is 0 Å². The average Bonchev–Trinajstić information content (AvgIpc) is 2.32. The van der Waals surface area contributed by atoms with E-state index in [2.05, 4.69) is 33.8 Å². The Morgan fingerprint density at radius 1 is 1.11 bits per heavy atom. The van der Waals surface area contributed by atoms with Crippen molar-refractivity contribution in [2.24, 2.45) is 17.6 Å². The van der Waals surface area contributed by atoms with E-state index in [0.29, 0.717) is 24.8 Å². The van der Waals surface area contributed by atoms with Crippen molar-refractivity contribution in [3.8, 4) is 0 Å². The van der Waals surface area contributed by atoms with Gasteiger partial charge in [-0.1, -0.05) is 19.9 Å². The van der Waals surface area contributed by atoms with Gasteiger partial charge < -0.3 is 5.73 Å². The minimum atomic E-state index is 0.233. The summed E-state index contributed by atoms with van der Waals surface area (Å²) in [5, 5.41) is 0. The van der Waals surface area contributed by atoms with Gasteiger partial charge in [-0.05, 0) is 68.3 Å². The number of hydrogen-bond acceptors (Lipinski definition) is 2.